The van der Waals surface area contributed by atoms with Crippen molar-refractivity contribution in [1.29, 1.82) is 0 Å². The van der Waals surface area contributed by atoms with E-state index in [0.29, 0.717) is 26.4 Å². The van der Waals surface area contributed by atoms with Crippen LogP contribution in [0.5, 0.6) is 11.5 Å². The molecule has 0 atom stereocenters. The number of benzene rings is 2. The smallest absolute Gasteiger partial charge is 0.306 e. The van der Waals surface area contributed by atoms with Crippen LogP contribution < -0.4 is 14.4 Å². The molecule has 2 aromatic carbocycles. The van der Waals surface area contributed by atoms with E-state index in [9.17, 15) is 9.59 Å². The molecule has 2 aromatic rings. The molecule has 0 aromatic heterocycles. The summed E-state index contributed by atoms with van der Waals surface area (Å²) in [5, 5.41) is 8.72. The summed E-state index contributed by atoms with van der Waals surface area (Å²) in [6.45, 7) is 0.0374. The lowest BCUT2D eigenvalue weighted by Gasteiger charge is -2.16. The first-order valence-electron chi connectivity index (χ1n) is 8.46. The first-order chi connectivity index (χ1) is 13.9. The van der Waals surface area contributed by atoms with Gasteiger partial charge in [0.2, 0.25) is 0 Å². The molecule has 0 aliphatic carbocycles. The Labute approximate surface area is 185 Å². The van der Waals surface area contributed by atoms with Crippen molar-refractivity contribution in [1.82, 2.24) is 0 Å². The lowest BCUT2D eigenvalue weighted by atomic mass is 10.2. The average molecular weight is 494 g/mol. The number of rotatable bonds is 7. The average Bonchev–Trinajstić information content (AvgIpc) is 2.96. The van der Waals surface area contributed by atoms with E-state index in [0.717, 1.165) is 10.0 Å². The summed E-state index contributed by atoms with van der Waals surface area (Å²) in [6.07, 6.45) is 1.63. The van der Waals surface area contributed by atoms with E-state index in [-0.39, 0.29) is 18.9 Å². The van der Waals surface area contributed by atoms with E-state index in [1.165, 1.54) is 23.8 Å². The number of hydrogen-bond acceptors (Lipinski definition) is 6. The van der Waals surface area contributed by atoms with E-state index in [1.54, 1.807) is 24.3 Å². The summed E-state index contributed by atoms with van der Waals surface area (Å²) in [5.74, 6) is -0.252. The molecule has 29 heavy (non-hydrogen) atoms. The highest BCUT2D eigenvalue weighted by molar-refractivity contribution is 9.10. The van der Waals surface area contributed by atoms with Gasteiger partial charge in [0.25, 0.3) is 5.91 Å². The monoisotopic (exact) mass is 493 g/mol. The SMILES string of the molecule is COc1cc(/C=C2/SC(=S)N(c3ccccc3Br)C2=O)ccc1OCCC(=O)O. The second-order valence-corrected chi connectivity index (χ2v) is 8.40. The third-order valence-electron chi connectivity index (χ3n) is 3.95. The number of carbonyl (C=O) groups is 2. The van der Waals surface area contributed by atoms with Crippen LogP contribution in [0.3, 0.4) is 0 Å². The lowest BCUT2D eigenvalue weighted by Crippen LogP contribution is -2.27. The van der Waals surface area contributed by atoms with Crippen LogP contribution in [0, 0.1) is 0 Å². The number of para-hydroxylation sites is 1. The highest BCUT2D eigenvalue weighted by Gasteiger charge is 2.34. The molecule has 1 fully saturated rings. The predicted molar refractivity (Wildman–Crippen MR) is 121 cm³/mol. The summed E-state index contributed by atoms with van der Waals surface area (Å²) in [5.41, 5.74) is 1.43. The number of aliphatic carboxylic acids is 1. The van der Waals surface area contributed by atoms with Gasteiger partial charge >= 0.3 is 5.97 Å². The Morgan fingerprint density at radius 3 is 2.72 bits per heavy atom. The fourth-order valence-electron chi connectivity index (χ4n) is 2.60. The van der Waals surface area contributed by atoms with E-state index in [4.69, 9.17) is 26.8 Å². The molecule has 9 heteroatoms. The molecular weight excluding hydrogens is 478 g/mol. The van der Waals surface area contributed by atoms with Crippen molar-refractivity contribution >= 4 is 67.9 Å². The topological polar surface area (TPSA) is 76.1 Å². The zero-order valence-electron chi connectivity index (χ0n) is 15.3. The standard InChI is InChI=1S/C20H16BrNO5S2/c1-26-16-10-12(6-7-15(16)27-9-8-18(23)24)11-17-19(25)22(20(28)29-17)14-5-3-2-4-13(14)21/h2-7,10-11H,8-9H2,1H3,(H,23,24)/b17-11+. The van der Waals surface area contributed by atoms with Crippen LogP contribution in [-0.2, 0) is 9.59 Å². The minimum Gasteiger partial charge on any atom is -0.493 e. The van der Waals surface area contributed by atoms with Gasteiger partial charge in [0.1, 0.15) is 0 Å². The number of thioether (sulfide) groups is 1. The zero-order chi connectivity index (χ0) is 21.0. The first kappa shape index (κ1) is 21.4. The Morgan fingerprint density at radius 1 is 1.28 bits per heavy atom. The van der Waals surface area contributed by atoms with Crippen LogP contribution in [-0.4, -0.2) is 35.0 Å². The maximum atomic E-state index is 12.9. The minimum absolute atomic E-state index is 0.0374. The molecule has 0 radical (unpaired) electrons. The normalized spacial score (nSPS) is 15.1. The van der Waals surface area contributed by atoms with Gasteiger partial charge in [-0.05, 0) is 51.8 Å². The number of halogens is 1. The van der Waals surface area contributed by atoms with Crippen LogP contribution in [0.1, 0.15) is 12.0 Å². The van der Waals surface area contributed by atoms with E-state index in [1.807, 2.05) is 24.3 Å². The number of ether oxygens (including phenoxy) is 2. The molecule has 1 amide bonds. The highest BCUT2D eigenvalue weighted by Crippen LogP contribution is 2.39. The van der Waals surface area contributed by atoms with Crippen molar-refractivity contribution in [3.63, 3.8) is 0 Å². The maximum absolute atomic E-state index is 12.9. The molecule has 150 valence electrons. The molecule has 3 rings (SSSR count). The molecule has 1 aliphatic rings. The van der Waals surface area contributed by atoms with Crippen molar-refractivity contribution in [2.75, 3.05) is 18.6 Å². The summed E-state index contributed by atoms with van der Waals surface area (Å²) < 4.78 is 12.0. The molecule has 6 nitrogen and oxygen atoms in total. The number of carboxylic acid groups (broad SMARTS) is 1. The second-order valence-electron chi connectivity index (χ2n) is 5.87. The van der Waals surface area contributed by atoms with Gasteiger partial charge in [0.05, 0.1) is 30.7 Å². The molecular formula is C20H16BrNO5S2. The van der Waals surface area contributed by atoms with Crippen molar-refractivity contribution in [3.05, 3.63) is 57.4 Å². The first-order valence-corrected chi connectivity index (χ1v) is 10.5. The van der Waals surface area contributed by atoms with Crippen molar-refractivity contribution in [2.24, 2.45) is 0 Å². The number of carbonyl (C=O) groups excluding carboxylic acids is 1. The molecule has 0 saturated carbocycles. The van der Waals surface area contributed by atoms with Gasteiger partial charge in [-0.3, -0.25) is 14.5 Å². The third kappa shape index (κ3) is 4.98. The van der Waals surface area contributed by atoms with Crippen molar-refractivity contribution < 1.29 is 24.2 Å². The van der Waals surface area contributed by atoms with Gasteiger partial charge in [-0.15, -0.1) is 0 Å². The molecule has 1 N–H and O–H groups in total. The zero-order valence-corrected chi connectivity index (χ0v) is 18.5. The molecule has 0 bridgehead atoms. The summed E-state index contributed by atoms with van der Waals surface area (Å²) in [6, 6.07) is 12.6. The van der Waals surface area contributed by atoms with Gasteiger partial charge in [0.15, 0.2) is 15.8 Å². The molecule has 0 spiro atoms. The Bertz CT molecular complexity index is 1010. The third-order valence-corrected chi connectivity index (χ3v) is 5.92. The van der Waals surface area contributed by atoms with Crippen LogP contribution >= 0.6 is 39.9 Å². The largest absolute Gasteiger partial charge is 0.493 e. The summed E-state index contributed by atoms with van der Waals surface area (Å²) in [7, 11) is 1.50. The maximum Gasteiger partial charge on any atom is 0.306 e. The Kier molecular flexibility index (Phi) is 6.94. The number of methoxy groups -OCH3 is 1. The number of carboxylic acids is 1. The van der Waals surface area contributed by atoms with Crippen LogP contribution in [0.4, 0.5) is 5.69 Å². The van der Waals surface area contributed by atoms with E-state index < -0.39 is 5.97 Å². The highest BCUT2D eigenvalue weighted by atomic mass is 79.9. The van der Waals surface area contributed by atoms with Crippen molar-refractivity contribution in [2.45, 2.75) is 6.42 Å². The second kappa shape index (κ2) is 9.43. The van der Waals surface area contributed by atoms with E-state index >= 15 is 0 Å². The van der Waals surface area contributed by atoms with Crippen molar-refractivity contribution in [3.8, 4) is 11.5 Å². The number of nitrogens with zero attached hydrogens (tertiary/aromatic N) is 1. The minimum atomic E-state index is -0.937. The van der Waals surface area contributed by atoms with Crippen LogP contribution in [0.2, 0.25) is 0 Å². The van der Waals surface area contributed by atoms with Gasteiger partial charge < -0.3 is 14.6 Å². The van der Waals surface area contributed by atoms with Crippen LogP contribution in [0.15, 0.2) is 51.8 Å². The van der Waals surface area contributed by atoms with Crippen LogP contribution in [0.25, 0.3) is 6.08 Å². The lowest BCUT2D eigenvalue weighted by molar-refractivity contribution is -0.137. The van der Waals surface area contributed by atoms with Gasteiger partial charge in [0, 0.05) is 4.47 Å². The van der Waals surface area contributed by atoms with Gasteiger partial charge in [-0.25, -0.2) is 0 Å². The molecule has 1 saturated heterocycles. The van der Waals surface area contributed by atoms with E-state index in [2.05, 4.69) is 15.9 Å². The quantitative estimate of drug-likeness (QED) is 0.441. The fraction of sp³-hybridized carbons (Fsp3) is 0.150. The number of anilines is 1. The number of thiocarbonyl (C=S) groups is 1. The Balaban J connectivity index is 1.83. The number of amides is 1. The van der Waals surface area contributed by atoms with Gasteiger partial charge in [-0.2, -0.15) is 0 Å². The molecule has 1 aliphatic heterocycles. The predicted octanol–water partition coefficient (Wildman–Crippen LogP) is 4.72. The summed E-state index contributed by atoms with van der Waals surface area (Å²) in [4.78, 5) is 25.5. The molecule has 1 heterocycles. The Morgan fingerprint density at radius 2 is 2.03 bits per heavy atom. The van der Waals surface area contributed by atoms with Gasteiger partial charge in [-0.1, -0.05) is 42.2 Å². The molecule has 0 unspecified atom stereocenters. The summed E-state index contributed by atoms with van der Waals surface area (Å²) >= 11 is 10.1. The Hall–Kier alpha value is -2.36. The fourth-order valence-corrected chi connectivity index (χ4v) is 4.35. The number of hydrogen-bond donors (Lipinski definition) is 1.